The van der Waals surface area contributed by atoms with Gasteiger partial charge < -0.3 is 10.2 Å². The Morgan fingerprint density at radius 1 is 1.15 bits per heavy atom. The van der Waals surface area contributed by atoms with E-state index in [9.17, 15) is 4.79 Å². The zero-order chi connectivity index (χ0) is 19.2. The van der Waals surface area contributed by atoms with Gasteiger partial charge in [-0.1, -0.05) is 29.8 Å². The minimum Gasteiger partial charge on any atom is -0.323 e. The van der Waals surface area contributed by atoms with Crippen LogP contribution in [0, 0.1) is 18.3 Å². The van der Waals surface area contributed by atoms with Gasteiger partial charge in [0.25, 0.3) is 0 Å². The van der Waals surface area contributed by atoms with E-state index in [-0.39, 0.29) is 6.03 Å². The summed E-state index contributed by atoms with van der Waals surface area (Å²) in [4.78, 5) is 16.8. The van der Waals surface area contributed by atoms with Crippen molar-refractivity contribution in [1.82, 2.24) is 9.80 Å². The minimum absolute atomic E-state index is 0.0878. The van der Waals surface area contributed by atoms with E-state index in [0.29, 0.717) is 22.8 Å². The van der Waals surface area contributed by atoms with E-state index in [1.807, 2.05) is 48.2 Å². The fourth-order valence-corrected chi connectivity index (χ4v) is 3.33. The van der Waals surface area contributed by atoms with Crippen molar-refractivity contribution >= 4 is 23.3 Å². The fourth-order valence-electron chi connectivity index (χ4n) is 3.15. The average Bonchev–Trinajstić information content (AvgIpc) is 2.91. The smallest absolute Gasteiger partial charge is 0.321 e. The fraction of sp³-hybridized carbons (Fsp3) is 0.333. The molecule has 140 valence electrons. The second-order valence-corrected chi connectivity index (χ2v) is 7.23. The number of halogens is 1. The Balaban J connectivity index is 1.54. The van der Waals surface area contributed by atoms with E-state index in [1.165, 1.54) is 5.56 Å². The molecule has 27 heavy (non-hydrogen) atoms. The maximum Gasteiger partial charge on any atom is 0.321 e. The number of rotatable bonds is 3. The van der Waals surface area contributed by atoms with Gasteiger partial charge in [-0.2, -0.15) is 5.26 Å². The van der Waals surface area contributed by atoms with E-state index in [0.717, 1.165) is 38.2 Å². The minimum atomic E-state index is -0.0878. The molecule has 3 rings (SSSR count). The van der Waals surface area contributed by atoms with Crippen LogP contribution in [0.1, 0.15) is 23.1 Å². The third-order valence-electron chi connectivity index (χ3n) is 4.79. The van der Waals surface area contributed by atoms with Gasteiger partial charge in [0.15, 0.2) is 0 Å². The van der Waals surface area contributed by atoms with Crippen molar-refractivity contribution in [1.29, 1.82) is 5.26 Å². The van der Waals surface area contributed by atoms with Crippen molar-refractivity contribution in [3.05, 3.63) is 64.2 Å². The molecule has 0 saturated carbocycles. The molecule has 0 unspecified atom stereocenters. The van der Waals surface area contributed by atoms with E-state index in [4.69, 9.17) is 16.9 Å². The summed E-state index contributed by atoms with van der Waals surface area (Å²) < 4.78 is 0. The molecule has 1 heterocycles. The zero-order valence-corrected chi connectivity index (χ0v) is 16.2. The Morgan fingerprint density at radius 3 is 2.63 bits per heavy atom. The first-order chi connectivity index (χ1) is 13.0. The number of benzene rings is 2. The lowest BCUT2D eigenvalue weighted by molar-refractivity contribution is 0.211. The summed E-state index contributed by atoms with van der Waals surface area (Å²) in [6.45, 7) is 5.94. The standard InChI is InChI=1S/C21H23ClN4O/c1-16-3-8-19(13-20(16)22)24-21(27)26-10-2-9-25(11-12-26)15-18-6-4-17(14-23)5-7-18/h3-8,13H,2,9-12,15H2,1H3,(H,24,27). The van der Waals surface area contributed by atoms with Gasteiger partial charge in [0, 0.05) is 43.4 Å². The number of carbonyl (C=O) groups is 1. The lowest BCUT2D eigenvalue weighted by Crippen LogP contribution is -2.38. The van der Waals surface area contributed by atoms with Crippen LogP contribution in [-0.2, 0) is 6.54 Å². The maximum absolute atomic E-state index is 12.6. The molecule has 1 aliphatic heterocycles. The van der Waals surface area contributed by atoms with Crippen LogP contribution in [-0.4, -0.2) is 42.0 Å². The number of nitriles is 1. The largest absolute Gasteiger partial charge is 0.323 e. The third-order valence-corrected chi connectivity index (χ3v) is 5.20. The molecule has 6 heteroatoms. The molecule has 1 fully saturated rings. The first kappa shape index (κ1) is 19.2. The summed E-state index contributed by atoms with van der Waals surface area (Å²) in [6, 6.07) is 15.3. The van der Waals surface area contributed by atoms with Crippen LogP contribution in [0.3, 0.4) is 0 Å². The topological polar surface area (TPSA) is 59.4 Å². The second kappa shape index (κ2) is 8.90. The second-order valence-electron chi connectivity index (χ2n) is 6.82. The van der Waals surface area contributed by atoms with E-state index in [1.54, 1.807) is 6.07 Å². The highest BCUT2D eigenvalue weighted by atomic mass is 35.5. The first-order valence-corrected chi connectivity index (χ1v) is 9.46. The molecular weight excluding hydrogens is 360 g/mol. The number of hydrogen-bond acceptors (Lipinski definition) is 3. The number of nitrogens with one attached hydrogen (secondary N) is 1. The highest BCUT2D eigenvalue weighted by molar-refractivity contribution is 6.31. The van der Waals surface area contributed by atoms with Gasteiger partial charge in [0.2, 0.25) is 0 Å². The van der Waals surface area contributed by atoms with Crippen molar-refractivity contribution < 1.29 is 4.79 Å². The van der Waals surface area contributed by atoms with E-state index < -0.39 is 0 Å². The molecular formula is C21H23ClN4O. The summed E-state index contributed by atoms with van der Waals surface area (Å²) in [5, 5.41) is 12.5. The van der Waals surface area contributed by atoms with Gasteiger partial charge in [-0.15, -0.1) is 0 Å². The molecule has 0 aromatic heterocycles. The van der Waals surface area contributed by atoms with Crippen molar-refractivity contribution in [2.45, 2.75) is 19.9 Å². The summed E-state index contributed by atoms with van der Waals surface area (Å²) in [7, 11) is 0. The van der Waals surface area contributed by atoms with Gasteiger partial charge in [-0.25, -0.2) is 4.79 Å². The molecule has 0 radical (unpaired) electrons. The molecule has 0 atom stereocenters. The molecule has 2 aromatic rings. The maximum atomic E-state index is 12.6. The monoisotopic (exact) mass is 382 g/mol. The van der Waals surface area contributed by atoms with Crippen LogP contribution < -0.4 is 5.32 Å². The molecule has 5 nitrogen and oxygen atoms in total. The Bertz CT molecular complexity index is 844. The molecule has 0 bridgehead atoms. The van der Waals surface area contributed by atoms with Crippen LogP contribution in [0.15, 0.2) is 42.5 Å². The summed E-state index contributed by atoms with van der Waals surface area (Å²) in [5.41, 5.74) is 3.56. The quantitative estimate of drug-likeness (QED) is 0.862. The summed E-state index contributed by atoms with van der Waals surface area (Å²) in [5.74, 6) is 0. The average molecular weight is 383 g/mol. The van der Waals surface area contributed by atoms with E-state index >= 15 is 0 Å². The lowest BCUT2D eigenvalue weighted by atomic mass is 10.1. The molecule has 0 aliphatic carbocycles. The summed E-state index contributed by atoms with van der Waals surface area (Å²) in [6.07, 6.45) is 0.929. The van der Waals surface area contributed by atoms with Crippen LogP contribution in [0.25, 0.3) is 0 Å². The third kappa shape index (κ3) is 5.22. The van der Waals surface area contributed by atoms with Crippen LogP contribution in [0.4, 0.5) is 10.5 Å². The highest BCUT2D eigenvalue weighted by Crippen LogP contribution is 2.20. The molecule has 2 aromatic carbocycles. The number of aryl methyl sites for hydroxylation is 1. The Labute approximate surface area is 165 Å². The number of carbonyl (C=O) groups excluding carboxylic acids is 1. The van der Waals surface area contributed by atoms with Crippen molar-refractivity contribution in [2.24, 2.45) is 0 Å². The van der Waals surface area contributed by atoms with Crippen LogP contribution in [0.5, 0.6) is 0 Å². The number of hydrogen-bond donors (Lipinski definition) is 1. The van der Waals surface area contributed by atoms with Crippen molar-refractivity contribution in [2.75, 3.05) is 31.5 Å². The molecule has 1 saturated heterocycles. The predicted molar refractivity (Wildman–Crippen MR) is 108 cm³/mol. The number of anilines is 1. The number of urea groups is 1. The number of amides is 2. The van der Waals surface area contributed by atoms with Crippen LogP contribution in [0.2, 0.25) is 5.02 Å². The van der Waals surface area contributed by atoms with Crippen molar-refractivity contribution in [3.8, 4) is 6.07 Å². The normalized spacial score (nSPS) is 15.1. The summed E-state index contributed by atoms with van der Waals surface area (Å²) >= 11 is 6.13. The van der Waals surface area contributed by atoms with E-state index in [2.05, 4.69) is 16.3 Å². The van der Waals surface area contributed by atoms with Gasteiger partial charge in [0.1, 0.15) is 0 Å². The predicted octanol–water partition coefficient (Wildman–Crippen LogP) is 4.26. The van der Waals surface area contributed by atoms with Gasteiger partial charge in [-0.3, -0.25) is 4.90 Å². The number of nitrogens with zero attached hydrogens (tertiary/aromatic N) is 3. The Kier molecular flexibility index (Phi) is 6.33. The highest BCUT2D eigenvalue weighted by Gasteiger charge is 2.19. The lowest BCUT2D eigenvalue weighted by Gasteiger charge is -2.22. The van der Waals surface area contributed by atoms with Gasteiger partial charge in [-0.05, 0) is 48.7 Å². The van der Waals surface area contributed by atoms with Crippen LogP contribution >= 0.6 is 11.6 Å². The van der Waals surface area contributed by atoms with Crippen molar-refractivity contribution in [3.63, 3.8) is 0 Å². The van der Waals surface area contributed by atoms with Gasteiger partial charge in [0.05, 0.1) is 11.6 Å². The Hall–Kier alpha value is -2.55. The van der Waals surface area contributed by atoms with Gasteiger partial charge >= 0.3 is 6.03 Å². The SMILES string of the molecule is Cc1ccc(NC(=O)N2CCCN(Cc3ccc(C#N)cc3)CC2)cc1Cl. The molecule has 1 N–H and O–H groups in total. The first-order valence-electron chi connectivity index (χ1n) is 9.08. The zero-order valence-electron chi connectivity index (χ0n) is 15.4. The Morgan fingerprint density at radius 2 is 1.93 bits per heavy atom. The molecule has 2 amide bonds. The molecule has 1 aliphatic rings. The molecule has 0 spiro atoms.